The fourth-order valence-electron chi connectivity index (χ4n) is 1.89. The lowest BCUT2D eigenvalue weighted by molar-refractivity contribution is -0.137. The van der Waals surface area contributed by atoms with Gasteiger partial charge in [0.15, 0.2) is 0 Å². The summed E-state index contributed by atoms with van der Waals surface area (Å²) in [5, 5.41) is 7.28. The number of nitrogens with one attached hydrogen (secondary N) is 1. The summed E-state index contributed by atoms with van der Waals surface area (Å²) in [5.41, 5.74) is 4.78. The Hall–Kier alpha value is -1.72. The monoisotopic (exact) mass is 257 g/mol. The van der Waals surface area contributed by atoms with Crippen LogP contribution in [0.2, 0.25) is 0 Å². The van der Waals surface area contributed by atoms with E-state index < -0.39 is 17.6 Å². The van der Waals surface area contributed by atoms with Crippen molar-refractivity contribution in [1.82, 2.24) is 0 Å². The minimum Gasteiger partial charge on any atom is -0.384 e. The molecule has 0 bridgehead atoms. The lowest BCUT2D eigenvalue weighted by Gasteiger charge is -2.21. The van der Waals surface area contributed by atoms with Crippen molar-refractivity contribution in [3.8, 4) is 0 Å². The Bertz CT molecular complexity index is 478. The van der Waals surface area contributed by atoms with Crippen LogP contribution in [0.1, 0.15) is 24.0 Å². The third-order valence-electron chi connectivity index (χ3n) is 3.10. The number of nitrogens with zero attached hydrogens (tertiary/aromatic N) is 1. The Morgan fingerprint density at radius 1 is 1.39 bits per heavy atom. The lowest BCUT2D eigenvalue weighted by atomic mass is 10.0. The van der Waals surface area contributed by atoms with Gasteiger partial charge in [-0.15, -0.1) is 0 Å². The highest BCUT2D eigenvalue weighted by Crippen LogP contribution is 2.36. The first-order chi connectivity index (χ1) is 8.30. The maximum atomic E-state index is 12.7. The third kappa shape index (κ3) is 2.42. The zero-order valence-electron chi connectivity index (χ0n) is 9.88. The van der Waals surface area contributed by atoms with E-state index in [1.54, 1.807) is 0 Å². The molecule has 1 aliphatic rings. The van der Waals surface area contributed by atoms with Gasteiger partial charge < -0.3 is 10.6 Å². The van der Waals surface area contributed by atoms with Crippen molar-refractivity contribution in [2.75, 3.05) is 11.9 Å². The van der Waals surface area contributed by atoms with Crippen LogP contribution < -0.4 is 10.6 Å². The topological polar surface area (TPSA) is 53.1 Å². The number of amidine groups is 1. The zero-order chi connectivity index (χ0) is 13.5. The Morgan fingerprint density at radius 2 is 2.00 bits per heavy atom. The van der Waals surface area contributed by atoms with Crippen LogP contribution in [0.4, 0.5) is 18.9 Å². The van der Waals surface area contributed by atoms with Crippen LogP contribution in [0, 0.1) is 5.41 Å². The third-order valence-corrected chi connectivity index (χ3v) is 3.10. The van der Waals surface area contributed by atoms with E-state index >= 15 is 0 Å². The quantitative estimate of drug-likeness (QED) is 0.646. The van der Waals surface area contributed by atoms with E-state index in [-0.39, 0.29) is 5.56 Å². The van der Waals surface area contributed by atoms with E-state index in [2.05, 4.69) is 0 Å². The fourth-order valence-corrected chi connectivity index (χ4v) is 1.89. The van der Waals surface area contributed by atoms with Crippen molar-refractivity contribution in [2.24, 2.45) is 5.73 Å². The predicted octanol–water partition coefficient (Wildman–Crippen LogP) is 2.59. The van der Waals surface area contributed by atoms with Crippen molar-refractivity contribution in [2.45, 2.75) is 25.1 Å². The standard InChI is InChI=1S/C12H14F3N3/c1-18(7-2-3-7)8-4-5-10(12(13,14)15)9(6-8)11(16)17/h4-7H,2-3H2,1H3,(H3,16,17). The molecule has 0 amide bonds. The summed E-state index contributed by atoms with van der Waals surface area (Å²) >= 11 is 0. The Morgan fingerprint density at radius 3 is 2.44 bits per heavy atom. The number of nitrogen functional groups attached to an aromatic ring is 1. The van der Waals surface area contributed by atoms with Crippen molar-refractivity contribution < 1.29 is 13.2 Å². The van der Waals surface area contributed by atoms with Gasteiger partial charge >= 0.3 is 6.18 Å². The second kappa shape index (κ2) is 4.19. The smallest absolute Gasteiger partial charge is 0.384 e. The summed E-state index contributed by atoms with van der Waals surface area (Å²) in [7, 11) is 1.84. The number of rotatable bonds is 3. The lowest BCUT2D eigenvalue weighted by Crippen LogP contribution is -2.23. The average Bonchev–Trinajstić information content (AvgIpc) is 3.09. The molecule has 1 aliphatic carbocycles. The maximum Gasteiger partial charge on any atom is 0.417 e. The molecule has 0 saturated heterocycles. The highest BCUT2D eigenvalue weighted by Gasteiger charge is 2.35. The van der Waals surface area contributed by atoms with Crippen LogP contribution in [0.3, 0.4) is 0 Å². The van der Waals surface area contributed by atoms with Crippen molar-refractivity contribution in [3.05, 3.63) is 29.3 Å². The molecule has 1 saturated carbocycles. The number of nitrogens with two attached hydrogens (primary N) is 1. The number of alkyl halides is 3. The first kappa shape index (κ1) is 12.7. The van der Waals surface area contributed by atoms with Crippen LogP contribution in [0.15, 0.2) is 18.2 Å². The van der Waals surface area contributed by atoms with E-state index in [9.17, 15) is 13.2 Å². The molecule has 0 atom stereocenters. The fraction of sp³-hybridized carbons (Fsp3) is 0.417. The largest absolute Gasteiger partial charge is 0.417 e. The summed E-state index contributed by atoms with van der Waals surface area (Å²) < 4.78 is 38.2. The summed E-state index contributed by atoms with van der Waals surface area (Å²) in [6.07, 6.45) is -2.39. The SMILES string of the molecule is CN(c1ccc(C(F)(F)F)c(C(=N)N)c1)C1CC1. The van der Waals surface area contributed by atoms with Gasteiger partial charge in [-0.1, -0.05) is 0 Å². The predicted molar refractivity (Wildman–Crippen MR) is 63.9 cm³/mol. The second-order valence-corrected chi connectivity index (χ2v) is 4.48. The summed E-state index contributed by atoms with van der Waals surface area (Å²) in [4.78, 5) is 1.92. The van der Waals surface area contributed by atoms with E-state index in [0.29, 0.717) is 11.7 Å². The van der Waals surface area contributed by atoms with Crippen LogP contribution >= 0.6 is 0 Å². The van der Waals surface area contributed by atoms with Gasteiger partial charge in [-0.2, -0.15) is 13.2 Å². The normalized spacial score (nSPS) is 15.6. The minimum absolute atomic E-state index is 0.257. The number of hydrogen-bond donors (Lipinski definition) is 2. The first-order valence-electron chi connectivity index (χ1n) is 5.59. The van der Waals surface area contributed by atoms with Crippen LogP contribution in [0.5, 0.6) is 0 Å². The number of anilines is 1. The van der Waals surface area contributed by atoms with Gasteiger partial charge in [0.05, 0.1) is 5.56 Å². The molecule has 0 aliphatic heterocycles. The van der Waals surface area contributed by atoms with E-state index in [1.807, 2.05) is 11.9 Å². The molecule has 98 valence electrons. The van der Waals surface area contributed by atoms with Crippen LogP contribution in [0.25, 0.3) is 0 Å². The van der Waals surface area contributed by atoms with E-state index in [1.165, 1.54) is 12.1 Å². The Balaban J connectivity index is 2.43. The Kier molecular flexibility index (Phi) is 2.96. The molecular formula is C12H14F3N3. The van der Waals surface area contributed by atoms with Gasteiger partial charge in [-0.25, -0.2) is 0 Å². The molecule has 3 N–H and O–H groups in total. The van der Waals surface area contributed by atoms with Gasteiger partial charge in [-0.05, 0) is 31.0 Å². The van der Waals surface area contributed by atoms with Gasteiger partial charge in [0, 0.05) is 24.3 Å². The molecule has 0 unspecified atom stereocenters. The van der Waals surface area contributed by atoms with Gasteiger partial charge in [0.25, 0.3) is 0 Å². The first-order valence-corrected chi connectivity index (χ1v) is 5.59. The molecular weight excluding hydrogens is 243 g/mol. The molecule has 6 heteroatoms. The van der Waals surface area contributed by atoms with Gasteiger partial charge in [-0.3, -0.25) is 5.41 Å². The number of halogens is 3. The Labute approximate surface area is 103 Å². The number of benzene rings is 1. The molecule has 18 heavy (non-hydrogen) atoms. The summed E-state index contributed by atoms with van der Waals surface area (Å²) in [6, 6.07) is 4.14. The van der Waals surface area contributed by atoms with Crippen LogP contribution in [-0.2, 0) is 6.18 Å². The second-order valence-electron chi connectivity index (χ2n) is 4.48. The van der Waals surface area contributed by atoms with Gasteiger partial charge in [0.1, 0.15) is 5.84 Å². The highest BCUT2D eigenvalue weighted by molar-refractivity contribution is 5.97. The zero-order valence-corrected chi connectivity index (χ0v) is 9.88. The van der Waals surface area contributed by atoms with Crippen molar-refractivity contribution in [1.29, 1.82) is 5.41 Å². The molecule has 0 aromatic heterocycles. The molecule has 1 aromatic carbocycles. The molecule has 2 rings (SSSR count). The summed E-state index contributed by atoms with van der Waals surface area (Å²) in [6.45, 7) is 0. The van der Waals surface area contributed by atoms with Crippen molar-refractivity contribution >= 4 is 11.5 Å². The van der Waals surface area contributed by atoms with E-state index in [0.717, 1.165) is 18.9 Å². The maximum absolute atomic E-state index is 12.7. The highest BCUT2D eigenvalue weighted by atomic mass is 19.4. The molecule has 0 radical (unpaired) electrons. The van der Waals surface area contributed by atoms with Gasteiger partial charge in [0.2, 0.25) is 0 Å². The van der Waals surface area contributed by atoms with Crippen LogP contribution in [-0.4, -0.2) is 18.9 Å². The molecule has 0 spiro atoms. The molecule has 1 aromatic rings. The molecule has 3 nitrogen and oxygen atoms in total. The minimum atomic E-state index is -4.49. The molecule has 1 fully saturated rings. The average molecular weight is 257 g/mol. The van der Waals surface area contributed by atoms with E-state index in [4.69, 9.17) is 11.1 Å². The van der Waals surface area contributed by atoms with Crippen molar-refractivity contribution in [3.63, 3.8) is 0 Å². The summed E-state index contributed by atoms with van der Waals surface area (Å²) in [5.74, 6) is -0.562. The number of hydrogen-bond acceptors (Lipinski definition) is 2. The molecule has 0 heterocycles.